The summed E-state index contributed by atoms with van der Waals surface area (Å²) in [4.78, 5) is 11.6. The molecule has 2 N–H and O–H groups in total. The Morgan fingerprint density at radius 1 is 1.67 bits per heavy atom. The van der Waals surface area contributed by atoms with E-state index in [0.717, 1.165) is 37.3 Å². The van der Waals surface area contributed by atoms with E-state index in [0.29, 0.717) is 5.92 Å². The van der Waals surface area contributed by atoms with Gasteiger partial charge in [-0.2, -0.15) is 11.8 Å². The van der Waals surface area contributed by atoms with Crippen molar-refractivity contribution in [3.05, 3.63) is 0 Å². The van der Waals surface area contributed by atoms with Crippen molar-refractivity contribution in [2.75, 3.05) is 24.7 Å². The largest absolute Gasteiger partial charge is 0.396 e. The van der Waals surface area contributed by atoms with E-state index in [9.17, 15) is 4.79 Å². The van der Waals surface area contributed by atoms with Gasteiger partial charge in [-0.15, -0.1) is 0 Å². The zero-order valence-electron chi connectivity index (χ0n) is 9.37. The Morgan fingerprint density at radius 2 is 2.47 bits per heavy atom. The molecule has 2 atom stereocenters. The van der Waals surface area contributed by atoms with E-state index in [4.69, 9.17) is 5.11 Å². The molecule has 0 radical (unpaired) electrons. The molecule has 1 aliphatic heterocycles. The average molecular weight is 231 g/mol. The molecule has 1 heterocycles. The van der Waals surface area contributed by atoms with Crippen molar-refractivity contribution >= 4 is 17.7 Å². The SMILES string of the molecule is CC(CO)CCCNC(=O)C1CCSC1. The molecule has 1 amide bonds. The van der Waals surface area contributed by atoms with Gasteiger partial charge in [0.2, 0.25) is 5.91 Å². The summed E-state index contributed by atoms with van der Waals surface area (Å²) in [7, 11) is 0. The molecule has 88 valence electrons. The lowest BCUT2D eigenvalue weighted by molar-refractivity contribution is -0.124. The average Bonchev–Trinajstić information content (AvgIpc) is 2.77. The van der Waals surface area contributed by atoms with Crippen molar-refractivity contribution in [2.24, 2.45) is 11.8 Å². The van der Waals surface area contributed by atoms with Gasteiger partial charge < -0.3 is 10.4 Å². The molecule has 0 aliphatic carbocycles. The molecule has 0 saturated carbocycles. The summed E-state index contributed by atoms with van der Waals surface area (Å²) in [5, 5.41) is 11.8. The number of rotatable bonds is 6. The summed E-state index contributed by atoms with van der Waals surface area (Å²) in [5.41, 5.74) is 0. The molecule has 2 unspecified atom stereocenters. The highest BCUT2D eigenvalue weighted by Gasteiger charge is 2.22. The monoisotopic (exact) mass is 231 g/mol. The van der Waals surface area contributed by atoms with Crippen molar-refractivity contribution in [2.45, 2.75) is 26.2 Å². The summed E-state index contributed by atoms with van der Waals surface area (Å²) >= 11 is 1.86. The van der Waals surface area contributed by atoms with Gasteiger partial charge in [-0.25, -0.2) is 0 Å². The fourth-order valence-corrected chi connectivity index (χ4v) is 2.86. The first kappa shape index (κ1) is 12.8. The smallest absolute Gasteiger partial charge is 0.223 e. The van der Waals surface area contributed by atoms with Crippen LogP contribution in [0.15, 0.2) is 0 Å². The number of amides is 1. The van der Waals surface area contributed by atoms with Crippen LogP contribution < -0.4 is 5.32 Å². The van der Waals surface area contributed by atoms with Crippen LogP contribution in [0.1, 0.15) is 26.2 Å². The first-order chi connectivity index (χ1) is 7.24. The van der Waals surface area contributed by atoms with E-state index in [1.54, 1.807) is 0 Å². The van der Waals surface area contributed by atoms with Crippen LogP contribution in [0.3, 0.4) is 0 Å². The van der Waals surface area contributed by atoms with Crippen molar-refractivity contribution in [1.82, 2.24) is 5.32 Å². The van der Waals surface area contributed by atoms with Gasteiger partial charge in [0, 0.05) is 24.8 Å². The van der Waals surface area contributed by atoms with Crippen LogP contribution in [0.2, 0.25) is 0 Å². The standard InChI is InChI=1S/C11H21NO2S/c1-9(7-13)3-2-5-12-11(14)10-4-6-15-8-10/h9-10,13H,2-8H2,1H3,(H,12,14). The van der Waals surface area contributed by atoms with Crippen molar-refractivity contribution < 1.29 is 9.90 Å². The number of aliphatic hydroxyl groups excluding tert-OH is 1. The van der Waals surface area contributed by atoms with Crippen LogP contribution in [0.5, 0.6) is 0 Å². The number of carbonyl (C=O) groups is 1. The van der Waals surface area contributed by atoms with Crippen molar-refractivity contribution in [3.8, 4) is 0 Å². The lowest BCUT2D eigenvalue weighted by atomic mass is 10.1. The van der Waals surface area contributed by atoms with Gasteiger partial charge in [-0.3, -0.25) is 4.79 Å². The molecule has 0 bridgehead atoms. The highest BCUT2D eigenvalue weighted by Crippen LogP contribution is 2.23. The fraction of sp³-hybridized carbons (Fsp3) is 0.909. The molecule has 1 saturated heterocycles. The number of hydrogen-bond donors (Lipinski definition) is 2. The molecule has 1 rings (SSSR count). The second-order valence-corrected chi connectivity index (χ2v) is 5.43. The van der Waals surface area contributed by atoms with Crippen LogP contribution in [0.4, 0.5) is 0 Å². The second-order valence-electron chi connectivity index (χ2n) is 4.28. The summed E-state index contributed by atoms with van der Waals surface area (Å²) in [5.74, 6) is 2.92. The first-order valence-electron chi connectivity index (χ1n) is 5.70. The summed E-state index contributed by atoms with van der Waals surface area (Å²) in [6.07, 6.45) is 2.98. The Kier molecular flexibility index (Phi) is 6.10. The van der Waals surface area contributed by atoms with Gasteiger partial charge in [-0.1, -0.05) is 6.92 Å². The van der Waals surface area contributed by atoms with Gasteiger partial charge in [0.25, 0.3) is 0 Å². The van der Waals surface area contributed by atoms with E-state index in [1.807, 2.05) is 18.7 Å². The molecule has 0 aromatic heterocycles. The summed E-state index contributed by atoms with van der Waals surface area (Å²) in [6.45, 7) is 3.02. The van der Waals surface area contributed by atoms with Gasteiger partial charge in [0.05, 0.1) is 0 Å². The zero-order chi connectivity index (χ0) is 11.1. The Balaban J connectivity index is 2.01. The normalized spacial score (nSPS) is 22.7. The van der Waals surface area contributed by atoms with E-state index in [-0.39, 0.29) is 18.4 Å². The predicted octanol–water partition coefficient (Wildman–Crippen LogP) is 1.26. The van der Waals surface area contributed by atoms with Gasteiger partial charge in [0.15, 0.2) is 0 Å². The van der Waals surface area contributed by atoms with Crippen LogP contribution >= 0.6 is 11.8 Å². The molecule has 15 heavy (non-hydrogen) atoms. The van der Waals surface area contributed by atoms with E-state index >= 15 is 0 Å². The quantitative estimate of drug-likeness (QED) is 0.677. The molecular weight excluding hydrogens is 210 g/mol. The minimum Gasteiger partial charge on any atom is -0.396 e. The first-order valence-corrected chi connectivity index (χ1v) is 6.85. The molecule has 0 aromatic carbocycles. The van der Waals surface area contributed by atoms with Crippen LogP contribution in [0, 0.1) is 11.8 Å². The van der Waals surface area contributed by atoms with E-state index in [2.05, 4.69) is 5.32 Å². The molecule has 0 spiro atoms. The maximum absolute atomic E-state index is 11.6. The molecule has 1 fully saturated rings. The summed E-state index contributed by atoms with van der Waals surface area (Å²) < 4.78 is 0. The topological polar surface area (TPSA) is 49.3 Å². The third kappa shape index (κ3) is 4.89. The maximum Gasteiger partial charge on any atom is 0.223 e. The minimum atomic E-state index is 0.219. The number of carbonyl (C=O) groups excluding carboxylic acids is 1. The highest BCUT2D eigenvalue weighted by atomic mass is 32.2. The van der Waals surface area contributed by atoms with E-state index in [1.165, 1.54) is 0 Å². The second kappa shape index (κ2) is 7.12. The Morgan fingerprint density at radius 3 is 3.07 bits per heavy atom. The molecule has 1 aliphatic rings. The maximum atomic E-state index is 11.6. The Bertz CT molecular complexity index is 193. The predicted molar refractivity (Wildman–Crippen MR) is 63.9 cm³/mol. The van der Waals surface area contributed by atoms with Crippen LogP contribution in [0.25, 0.3) is 0 Å². The van der Waals surface area contributed by atoms with Gasteiger partial charge in [0.1, 0.15) is 0 Å². The molecular formula is C11H21NO2S. The Hall–Kier alpha value is -0.220. The molecule has 0 aromatic rings. The third-order valence-corrected chi connectivity index (χ3v) is 3.95. The van der Waals surface area contributed by atoms with Gasteiger partial charge in [-0.05, 0) is 30.9 Å². The van der Waals surface area contributed by atoms with Gasteiger partial charge >= 0.3 is 0 Å². The number of thioether (sulfide) groups is 1. The number of aliphatic hydroxyl groups is 1. The Labute approximate surface area is 96.0 Å². The lowest BCUT2D eigenvalue weighted by Gasteiger charge is -2.11. The third-order valence-electron chi connectivity index (χ3n) is 2.79. The molecule has 4 heteroatoms. The fourth-order valence-electron chi connectivity index (χ4n) is 1.64. The minimum absolute atomic E-state index is 0.219. The van der Waals surface area contributed by atoms with Crippen molar-refractivity contribution in [3.63, 3.8) is 0 Å². The molecule has 3 nitrogen and oxygen atoms in total. The van der Waals surface area contributed by atoms with E-state index < -0.39 is 0 Å². The van der Waals surface area contributed by atoms with Crippen molar-refractivity contribution in [1.29, 1.82) is 0 Å². The number of hydrogen-bond acceptors (Lipinski definition) is 3. The zero-order valence-corrected chi connectivity index (χ0v) is 10.2. The number of nitrogens with one attached hydrogen (secondary N) is 1. The highest BCUT2D eigenvalue weighted by molar-refractivity contribution is 7.99. The van der Waals surface area contributed by atoms with Crippen LogP contribution in [-0.4, -0.2) is 35.7 Å². The lowest BCUT2D eigenvalue weighted by Crippen LogP contribution is -2.31. The van der Waals surface area contributed by atoms with Crippen LogP contribution in [-0.2, 0) is 4.79 Å². The summed E-state index contributed by atoms with van der Waals surface area (Å²) in [6, 6.07) is 0.